The first kappa shape index (κ1) is 27.4. The number of benzene rings is 3. The Labute approximate surface area is 225 Å². The van der Waals surface area contributed by atoms with Gasteiger partial charge in [-0.25, -0.2) is 8.42 Å². The second-order valence-corrected chi connectivity index (χ2v) is 11.7. The van der Waals surface area contributed by atoms with Crippen molar-refractivity contribution in [3.05, 3.63) is 96.1 Å². The summed E-state index contributed by atoms with van der Waals surface area (Å²) in [5.41, 5.74) is 2.17. The standard InChI is InChI=1S/C30H35N3O4S/c1-23-17-19-28(20-18-23)38(36,37)33(27-15-7-4-8-16-27)22-29(34)32(21-25-11-5-3-6-12-25)24(2)30(35)31-26-13-9-10-14-26/h3-8,11-12,15-20,24,26H,9-10,13-14,21-22H2,1-2H3,(H,31,35). The molecule has 4 rings (SSSR count). The van der Waals surface area contributed by atoms with E-state index in [0.717, 1.165) is 41.1 Å². The summed E-state index contributed by atoms with van der Waals surface area (Å²) in [5.74, 6) is -0.684. The zero-order valence-corrected chi connectivity index (χ0v) is 22.7. The fourth-order valence-corrected chi connectivity index (χ4v) is 6.13. The predicted octanol–water partition coefficient (Wildman–Crippen LogP) is 4.67. The largest absolute Gasteiger partial charge is 0.352 e. The number of aryl methyl sites for hydroxylation is 1. The van der Waals surface area contributed by atoms with Crippen LogP contribution < -0.4 is 9.62 Å². The molecule has 7 nitrogen and oxygen atoms in total. The molecule has 0 saturated heterocycles. The number of hydrogen-bond acceptors (Lipinski definition) is 4. The predicted molar refractivity (Wildman–Crippen MR) is 149 cm³/mol. The highest BCUT2D eigenvalue weighted by molar-refractivity contribution is 7.92. The van der Waals surface area contributed by atoms with E-state index in [-0.39, 0.29) is 23.4 Å². The third kappa shape index (κ3) is 6.61. The summed E-state index contributed by atoms with van der Waals surface area (Å²) in [5, 5.41) is 3.08. The Bertz CT molecular complexity index is 1320. The minimum absolute atomic E-state index is 0.0985. The summed E-state index contributed by atoms with van der Waals surface area (Å²) < 4.78 is 28.7. The first-order chi connectivity index (χ1) is 18.3. The van der Waals surface area contributed by atoms with Gasteiger partial charge in [0.15, 0.2) is 0 Å². The van der Waals surface area contributed by atoms with Crippen molar-refractivity contribution in [3.8, 4) is 0 Å². The molecule has 8 heteroatoms. The van der Waals surface area contributed by atoms with Crippen LogP contribution in [0.15, 0.2) is 89.8 Å². The van der Waals surface area contributed by atoms with Gasteiger partial charge in [0.25, 0.3) is 10.0 Å². The number of hydrogen-bond donors (Lipinski definition) is 1. The smallest absolute Gasteiger partial charge is 0.264 e. The summed E-state index contributed by atoms with van der Waals surface area (Å²) in [6, 6.07) is 23.9. The third-order valence-corrected chi connectivity index (χ3v) is 8.78. The molecule has 200 valence electrons. The van der Waals surface area contributed by atoms with Crippen molar-refractivity contribution in [3.63, 3.8) is 0 Å². The molecule has 2 amide bonds. The molecule has 1 atom stereocenters. The van der Waals surface area contributed by atoms with Crippen molar-refractivity contribution in [2.45, 2.75) is 63.1 Å². The van der Waals surface area contributed by atoms with E-state index in [2.05, 4.69) is 5.32 Å². The maximum Gasteiger partial charge on any atom is 0.264 e. The summed E-state index contributed by atoms with van der Waals surface area (Å²) in [6.45, 7) is 3.33. The van der Waals surface area contributed by atoms with Crippen LogP contribution in [-0.2, 0) is 26.2 Å². The number of sulfonamides is 1. The summed E-state index contributed by atoms with van der Waals surface area (Å²) in [6.07, 6.45) is 4.02. The van der Waals surface area contributed by atoms with Crippen molar-refractivity contribution in [2.75, 3.05) is 10.8 Å². The van der Waals surface area contributed by atoms with Crippen LogP contribution in [0.5, 0.6) is 0 Å². The summed E-state index contributed by atoms with van der Waals surface area (Å²) in [7, 11) is -4.05. The molecule has 1 N–H and O–H groups in total. The maximum atomic E-state index is 13.9. The molecule has 0 aromatic heterocycles. The normalized spacial score (nSPS) is 14.6. The molecule has 0 aliphatic heterocycles. The van der Waals surface area contributed by atoms with Crippen LogP contribution in [0, 0.1) is 6.92 Å². The van der Waals surface area contributed by atoms with E-state index in [1.807, 2.05) is 37.3 Å². The second kappa shape index (κ2) is 12.3. The van der Waals surface area contributed by atoms with Crippen molar-refractivity contribution >= 4 is 27.5 Å². The van der Waals surface area contributed by atoms with Gasteiger partial charge in [0, 0.05) is 12.6 Å². The van der Waals surface area contributed by atoms with Crippen molar-refractivity contribution in [2.24, 2.45) is 0 Å². The Morgan fingerprint density at radius 2 is 1.47 bits per heavy atom. The fraction of sp³-hybridized carbons (Fsp3) is 0.333. The van der Waals surface area contributed by atoms with Crippen LogP contribution in [0.1, 0.15) is 43.7 Å². The molecular weight excluding hydrogens is 498 g/mol. The molecule has 1 aliphatic carbocycles. The van der Waals surface area contributed by atoms with E-state index in [9.17, 15) is 18.0 Å². The van der Waals surface area contributed by atoms with E-state index in [4.69, 9.17) is 0 Å². The lowest BCUT2D eigenvalue weighted by atomic mass is 10.1. The molecule has 1 fully saturated rings. The number of rotatable bonds is 10. The lowest BCUT2D eigenvalue weighted by Crippen LogP contribution is -2.52. The highest BCUT2D eigenvalue weighted by Crippen LogP contribution is 2.25. The monoisotopic (exact) mass is 533 g/mol. The zero-order valence-electron chi connectivity index (χ0n) is 21.9. The van der Waals surface area contributed by atoms with E-state index >= 15 is 0 Å². The van der Waals surface area contributed by atoms with Gasteiger partial charge in [0.05, 0.1) is 10.6 Å². The topological polar surface area (TPSA) is 86.8 Å². The number of amides is 2. The molecule has 1 saturated carbocycles. The molecule has 1 unspecified atom stereocenters. The quantitative estimate of drug-likeness (QED) is 0.411. The van der Waals surface area contributed by atoms with E-state index in [1.165, 1.54) is 4.90 Å². The van der Waals surface area contributed by atoms with Gasteiger partial charge in [-0.3, -0.25) is 13.9 Å². The van der Waals surface area contributed by atoms with Gasteiger partial charge in [-0.05, 0) is 56.5 Å². The Morgan fingerprint density at radius 3 is 2.08 bits per heavy atom. The van der Waals surface area contributed by atoms with Crippen molar-refractivity contribution < 1.29 is 18.0 Å². The lowest BCUT2D eigenvalue weighted by Gasteiger charge is -2.32. The molecule has 3 aromatic carbocycles. The van der Waals surface area contributed by atoms with Crippen LogP contribution >= 0.6 is 0 Å². The summed E-state index contributed by atoms with van der Waals surface area (Å²) in [4.78, 5) is 28.7. The number of carbonyl (C=O) groups is 2. The number of nitrogens with zero attached hydrogens (tertiary/aromatic N) is 2. The van der Waals surface area contributed by atoms with Gasteiger partial charge in [0.1, 0.15) is 12.6 Å². The SMILES string of the molecule is Cc1ccc(S(=O)(=O)N(CC(=O)N(Cc2ccccc2)C(C)C(=O)NC2CCCC2)c2ccccc2)cc1. The fourth-order valence-electron chi connectivity index (χ4n) is 4.72. The highest BCUT2D eigenvalue weighted by Gasteiger charge is 2.33. The Balaban J connectivity index is 1.65. The van der Waals surface area contributed by atoms with Crippen LogP contribution in [0.25, 0.3) is 0 Å². The van der Waals surface area contributed by atoms with Gasteiger partial charge >= 0.3 is 0 Å². The number of anilines is 1. The Hall–Kier alpha value is -3.65. The first-order valence-corrected chi connectivity index (χ1v) is 14.5. The highest BCUT2D eigenvalue weighted by atomic mass is 32.2. The van der Waals surface area contributed by atoms with Crippen LogP contribution in [0.3, 0.4) is 0 Å². The van der Waals surface area contributed by atoms with Gasteiger partial charge < -0.3 is 10.2 Å². The molecular formula is C30H35N3O4S. The molecule has 0 bridgehead atoms. The van der Waals surface area contributed by atoms with Crippen LogP contribution in [0.4, 0.5) is 5.69 Å². The average molecular weight is 534 g/mol. The van der Waals surface area contributed by atoms with E-state index < -0.39 is 28.5 Å². The first-order valence-electron chi connectivity index (χ1n) is 13.0. The Kier molecular flexibility index (Phi) is 8.84. The second-order valence-electron chi connectivity index (χ2n) is 9.83. The Morgan fingerprint density at radius 1 is 0.895 bits per heavy atom. The minimum atomic E-state index is -4.05. The van der Waals surface area contributed by atoms with Gasteiger partial charge in [-0.15, -0.1) is 0 Å². The van der Waals surface area contributed by atoms with Gasteiger partial charge in [-0.2, -0.15) is 0 Å². The molecule has 1 aliphatic rings. The van der Waals surface area contributed by atoms with E-state index in [0.29, 0.717) is 5.69 Å². The van der Waals surface area contributed by atoms with E-state index in [1.54, 1.807) is 61.5 Å². The molecule has 0 radical (unpaired) electrons. The van der Waals surface area contributed by atoms with Crippen molar-refractivity contribution in [1.29, 1.82) is 0 Å². The van der Waals surface area contributed by atoms with Gasteiger partial charge in [-0.1, -0.05) is 79.1 Å². The zero-order chi connectivity index (χ0) is 27.1. The lowest BCUT2D eigenvalue weighted by molar-refractivity contribution is -0.139. The van der Waals surface area contributed by atoms with Crippen LogP contribution in [-0.4, -0.2) is 43.8 Å². The molecule has 0 heterocycles. The van der Waals surface area contributed by atoms with Crippen molar-refractivity contribution in [1.82, 2.24) is 10.2 Å². The number of nitrogens with one attached hydrogen (secondary N) is 1. The minimum Gasteiger partial charge on any atom is -0.352 e. The summed E-state index contributed by atoms with van der Waals surface area (Å²) >= 11 is 0. The third-order valence-electron chi connectivity index (χ3n) is 7.00. The maximum absolute atomic E-state index is 13.9. The molecule has 3 aromatic rings. The van der Waals surface area contributed by atoms with Crippen LogP contribution in [0.2, 0.25) is 0 Å². The molecule has 38 heavy (non-hydrogen) atoms. The average Bonchev–Trinajstić information content (AvgIpc) is 3.44. The number of para-hydroxylation sites is 1. The number of carbonyl (C=O) groups excluding carboxylic acids is 2. The van der Waals surface area contributed by atoms with Gasteiger partial charge in [0.2, 0.25) is 11.8 Å². The molecule has 0 spiro atoms.